The number of aromatic nitrogens is 6. The summed E-state index contributed by atoms with van der Waals surface area (Å²) in [5.41, 5.74) is 0.832. The van der Waals surface area contributed by atoms with Crippen molar-refractivity contribution < 1.29 is 0 Å². The van der Waals surface area contributed by atoms with Crippen molar-refractivity contribution in [1.82, 2.24) is 29.4 Å². The van der Waals surface area contributed by atoms with Gasteiger partial charge in [-0.15, -0.1) is 15.3 Å². The molecule has 0 atom stereocenters. The molecule has 3 aromatic heterocycles. The highest BCUT2D eigenvalue weighted by atomic mass is 15.4. The number of hydrogen-bond donors (Lipinski definition) is 0. The van der Waals surface area contributed by atoms with Crippen molar-refractivity contribution >= 4 is 11.5 Å². The maximum absolute atomic E-state index is 4.73. The highest BCUT2D eigenvalue weighted by Crippen LogP contribution is 2.38. The summed E-state index contributed by atoms with van der Waals surface area (Å²) in [5.74, 6) is 3.57. The van der Waals surface area contributed by atoms with Crippen LogP contribution in [0.1, 0.15) is 36.8 Å². The SMILES string of the molecule is Cc1nccn1CCCN(C)c1ccc2nnc(C3CC3)n2n1. The molecule has 0 saturated heterocycles. The second-order valence-electron chi connectivity index (χ2n) is 6.24. The molecule has 1 aliphatic rings. The molecule has 120 valence electrons. The molecule has 7 heteroatoms. The van der Waals surface area contributed by atoms with Crippen molar-refractivity contribution in [3.05, 3.63) is 36.2 Å². The largest absolute Gasteiger partial charge is 0.358 e. The van der Waals surface area contributed by atoms with E-state index in [0.717, 1.165) is 42.6 Å². The minimum absolute atomic E-state index is 0.544. The number of aryl methyl sites for hydroxylation is 2. The molecular formula is C16H21N7. The van der Waals surface area contributed by atoms with E-state index in [2.05, 4.69) is 31.7 Å². The molecule has 7 nitrogen and oxygen atoms in total. The Morgan fingerprint density at radius 2 is 2.13 bits per heavy atom. The first-order valence-corrected chi connectivity index (χ1v) is 8.13. The van der Waals surface area contributed by atoms with Crippen LogP contribution in [0, 0.1) is 6.92 Å². The van der Waals surface area contributed by atoms with Gasteiger partial charge in [0.2, 0.25) is 0 Å². The van der Waals surface area contributed by atoms with Gasteiger partial charge in [0.25, 0.3) is 0 Å². The summed E-state index contributed by atoms with van der Waals surface area (Å²) in [6.07, 6.45) is 7.32. The molecule has 3 heterocycles. The lowest BCUT2D eigenvalue weighted by atomic mass is 10.3. The first-order chi connectivity index (χ1) is 11.2. The highest BCUT2D eigenvalue weighted by Gasteiger charge is 2.29. The van der Waals surface area contributed by atoms with Crippen molar-refractivity contribution in [2.75, 3.05) is 18.5 Å². The lowest BCUT2D eigenvalue weighted by Gasteiger charge is -2.18. The predicted molar refractivity (Wildman–Crippen MR) is 87.6 cm³/mol. The Kier molecular flexibility index (Phi) is 3.48. The fourth-order valence-electron chi connectivity index (χ4n) is 2.83. The van der Waals surface area contributed by atoms with Gasteiger partial charge in [0, 0.05) is 38.4 Å². The molecule has 0 spiro atoms. The predicted octanol–water partition coefficient (Wildman–Crippen LogP) is 2.03. The van der Waals surface area contributed by atoms with E-state index in [1.807, 2.05) is 36.0 Å². The molecular weight excluding hydrogens is 290 g/mol. The van der Waals surface area contributed by atoms with Gasteiger partial charge in [-0.05, 0) is 38.3 Å². The van der Waals surface area contributed by atoms with E-state index in [9.17, 15) is 0 Å². The van der Waals surface area contributed by atoms with Gasteiger partial charge in [-0.3, -0.25) is 0 Å². The average molecular weight is 311 g/mol. The number of imidazole rings is 1. The number of nitrogens with zero attached hydrogens (tertiary/aromatic N) is 7. The standard InChI is InChI=1S/C16H21N7/c1-12-17-8-11-22(12)10-3-9-21(2)15-7-6-14-18-19-16(13-4-5-13)23(14)20-15/h6-8,11,13H,3-5,9-10H2,1-2H3. The third kappa shape index (κ3) is 2.78. The summed E-state index contributed by atoms with van der Waals surface area (Å²) in [7, 11) is 2.08. The molecule has 0 aliphatic heterocycles. The molecule has 0 unspecified atom stereocenters. The van der Waals surface area contributed by atoms with Crippen molar-refractivity contribution in [3.63, 3.8) is 0 Å². The maximum Gasteiger partial charge on any atom is 0.178 e. The van der Waals surface area contributed by atoms with Crippen LogP contribution in [0.3, 0.4) is 0 Å². The third-order valence-corrected chi connectivity index (χ3v) is 4.42. The highest BCUT2D eigenvalue weighted by molar-refractivity contribution is 5.45. The van der Waals surface area contributed by atoms with Crippen molar-refractivity contribution in [2.24, 2.45) is 0 Å². The van der Waals surface area contributed by atoms with Gasteiger partial charge in [0.1, 0.15) is 11.6 Å². The fourth-order valence-corrected chi connectivity index (χ4v) is 2.83. The van der Waals surface area contributed by atoms with Gasteiger partial charge < -0.3 is 9.47 Å². The van der Waals surface area contributed by atoms with Crippen LogP contribution in [0.15, 0.2) is 24.5 Å². The van der Waals surface area contributed by atoms with Gasteiger partial charge >= 0.3 is 0 Å². The van der Waals surface area contributed by atoms with E-state index in [0.29, 0.717) is 5.92 Å². The zero-order chi connectivity index (χ0) is 15.8. The number of anilines is 1. The van der Waals surface area contributed by atoms with Crippen LogP contribution in [0.25, 0.3) is 5.65 Å². The van der Waals surface area contributed by atoms with Crippen LogP contribution in [0.4, 0.5) is 5.82 Å². The zero-order valence-corrected chi connectivity index (χ0v) is 13.6. The van der Waals surface area contributed by atoms with Gasteiger partial charge in [-0.2, -0.15) is 4.52 Å². The van der Waals surface area contributed by atoms with Crippen molar-refractivity contribution in [2.45, 2.75) is 38.6 Å². The first kappa shape index (κ1) is 14.2. The quantitative estimate of drug-likeness (QED) is 0.697. The Bertz CT molecular complexity index is 815. The Morgan fingerprint density at radius 1 is 1.26 bits per heavy atom. The van der Waals surface area contributed by atoms with Crippen LogP contribution in [0.5, 0.6) is 0 Å². The topological polar surface area (TPSA) is 64.1 Å². The second-order valence-corrected chi connectivity index (χ2v) is 6.24. The smallest absolute Gasteiger partial charge is 0.178 e. The third-order valence-electron chi connectivity index (χ3n) is 4.42. The summed E-state index contributed by atoms with van der Waals surface area (Å²) in [5, 5.41) is 13.2. The molecule has 0 amide bonds. The lowest BCUT2D eigenvalue weighted by Crippen LogP contribution is -2.22. The maximum atomic E-state index is 4.73. The molecule has 1 fully saturated rings. The number of fused-ring (bicyclic) bond motifs is 1. The van der Waals surface area contributed by atoms with Crippen LogP contribution in [-0.2, 0) is 6.54 Å². The molecule has 1 aliphatic carbocycles. The van der Waals surface area contributed by atoms with Crippen LogP contribution in [0.2, 0.25) is 0 Å². The van der Waals surface area contributed by atoms with E-state index in [1.54, 1.807) is 0 Å². The lowest BCUT2D eigenvalue weighted by molar-refractivity contribution is 0.619. The Hall–Kier alpha value is -2.44. The summed E-state index contributed by atoms with van der Waals surface area (Å²) in [6, 6.07) is 4.01. The van der Waals surface area contributed by atoms with E-state index in [1.165, 1.54) is 12.8 Å². The zero-order valence-electron chi connectivity index (χ0n) is 13.6. The van der Waals surface area contributed by atoms with Crippen molar-refractivity contribution in [1.29, 1.82) is 0 Å². The molecule has 3 aromatic rings. The monoisotopic (exact) mass is 311 g/mol. The molecule has 0 N–H and O–H groups in total. The van der Waals surface area contributed by atoms with E-state index >= 15 is 0 Å². The molecule has 0 aromatic carbocycles. The number of rotatable bonds is 6. The Morgan fingerprint density at radius 3 is 2.87 bits per heavy atom. The van der Waals surface area contributed by atoms with Crippen LogP contribution >= 0.6 is 0 Å². The summed E-state index contributed by atoms with van der Waals surface area (Å²) in [6.45, 7) is 3.94. The summed E-state index contributed by atoms with van der Waals surface area (Å²) >= 11 is 0. The Labute approximate surface area is 135 Å². The summed E-state index contributed by atoms with van der Waals surface area (Å²) in [4.78, 5) is 6.44. The molecule has 0 bridgehead atoms. The van der Waals surface area contributed by atoms with Gasteiger partial charge in [-0.1, -0.05) is 0 Å². The van der Waals surface area contributed by atoms with Crippen molar-refractivity contribution in [3.8, 4) is 0 Å². The van der Waals surface area contributed by atoms with Crippen LogP contribution < -0.4 is 4.90 Å². The molecule has 0 radical (unpaired) electrons. The first-order valence-electron chi connectivity index (χ1n) is 8.13. The van der Waals surface area contributed by atoms with Gasteiger partial charge in [-0.25, -0.2) is 4.98 Å². The molecule has 1 saturated carbocycles. The van der Waals surface area contributed by atoms with E-state index in [4.69, 9.17) is 5.10 Å². The van der Waals surface area contributed by atoms with E-state index in [-0.39, 0.29) is 0 Å². The minimum atomic E-state index is 0.544. The minimum Gasteiger partial charge on any atom is -0.358 e. The van der Waals surface area contributed by atoms with E-state index < -0.39 is 0 Å². The molecule has 4 rings (SSSR count). The van der Waals surface area contributed by atoms with Gasteiger partial charge in [0.05, 0.1) is 0 Å². The average Bonchev–Trinajstić information content (AvgIpc) is 3.19. The second kappa shape index (κ2) is 5.64. The van der Waals surface area contributed by atoms with Gasteiger partial charge in [0.15, 0.2) is 11.5 Å². The fraction of sp³-hybridized carbons (Fsp3) is 0.500. The normalized spacial score (nSPS) is 14.5. The Balaban J connectivity index is 1.45. The summed E-state index contributed by atoms with van der Waals surface area (Å²) < 4.78 is 4.08. The molecule has 23 heavy (non-hydrogen) atoms. The number of hydrogen-bond acceptors (Lipinski definition) is 5. The van der Waals surface area contributed by atoms with Crippen LogP contribution in [-0.4, -0.2) is 43.0 Å².